The van der Waals surface area contributed by atoms with Gasteiger partial charge in [-0.2, -0.15) is 0 Å². The molecule has 1 aromatic heterocycles. The van der Waals surface area contributed by atoms with Gasteiger partial charge in [0.05, 0.1) is 12.6 Å². The SMILES string of the molecule is CCC(=O)Nc1ccc([C@@H](C)NC(=O)N(C)Cc2cccn2C)cc1. The fourth-order valence-electron chi connectivity index (χ4n) is 2.46. The Labute approximate surface area is 148 Å². The van der Waals surface area contributed by atoms with E-state index in [9.17, 15) is 9.59 Å². The fraction of sp³-hybridized carbons (Fsp3) is 0.368. The quantitative estimate of drug-likeness (QED) is 0.846. The lowest BCUT2D eigenvalue weighted by Crippen LogP contribution is -2.38. The summed E-state index contributed by atoms with van der Waals surface area (Å²) in [4.78, 5) is 25.4. The van der Waals surface area contributed by atoms with Crippen LogP contribution in [0.5, 0.6) is 0 Å². The van der Waals surface area contributed by atoms with Crippen LogP contribution in [0.4, 0.5) is 10.5 Å². The van der Waals surface area contributed by atoms with Gasteiger partial charge in [0.15, 0.2) is 0 Å². The molecule has 25 heavy (non-hydrogen) atoms. The first-order chi connectivity index (χ1) is 11.9. The summed E-state index contributed by atoms with van der Waals surface area (Å²) in [5.74, 6) is -0.0172. The zero-order valence-corrected chi connectivity index (χ0v) is 15.2. The predicted octanol–water partition coefficient (Wildman–Crippen LogP) is 3.28. The average molecular weight is 342 g/mol. The van der Waals surface area contributed by atoms with Crippen molar-refractivity contribution in [2.45, 2.75) is 32.9 Å². The zero-order chi connectivity index (χ0) is 18.4. The first kappa shape index (κ1) is 18.6. The van der Waals surface area contributed by atoms with Crippen LogP contribution in [0.3, 0.4) is 0 Å². The van der Waals surface area contributed by atoms with Crippen LogP contribution in [0.2, 0.25) is 0 Å². The second-order valence-electron chi connectivity index (χ2n) is 6.16. The van der Waals surface area contributed by atoms with E-state index in [1.54, 1.807) is 11.9 Å². The molecule has 1 atom stereocenters. The lowest BCUT2D eigenvalue weighted by atomic mass is 10.1. The Balaban J connectivity index is 1.91. The van der Waals surface area contributed by atoms with E-state index in [1.165, 1.54) is 0 Å². The highest BCUT2D eigenvalue weighted by atomic mass is 16.2. The Morgan fingerprint density at radius 1 is 1.20 bits per heavy atom. The number of carbonyl (C=O) groups excluding carboxylic acids is 2. The molecule has 0 aliphatic rings. The van der Waals surface area contributed by atoms with Crippen LogP contribution in [0.25, 0.3) is 0 Å². The maximum Gasteiger partial charge on any atom is 0.317 e. The summed E-state index contributed by atoms with van der Waals surface area (Å²) in [6, 6.07) is 11.2. The van der Waals surface area contributed by atoms with Crippen LogP contribution in [-0.2, 0) is 18.4 Å². The minimum absolute atomic E-state index is 0.0172. The van der Waals surface area contributed by atoms with Gasteiger partial charge >= 0.3 is 6.03 Å². The van der Waals surface area contributed by atoms with Crippen molar-refractivity contribution in [3.63, 3.8) is 0 Å². The van der Waals surface area contributed by atoms with Crippen molar-refractivity contribution in [1.29, 1.82) is 0 Å². The Bertz CT molecular complexity index is 721. The minimum atomic E-state index is -0.128. The summed E-state index contributed by atoms with van der Waals surface area (Å²) in [6.07, 6.45) is 2.41. The number of nitrogens with one attached hydrogen (secondary N) is 2. The number of benzene rings is 1. The van der Waals surface area contributed by atoms with Gasteiger partial charge in [0.25, 0.3) is 0 Å². The number of rotatable bonds is 6. The number of amides is 3. The van der Waals surface area contributed by atoms with E-state index in [4.69, 9.17) is 0 Å². The van der Waals surface area contributed by atoms with E-state index in [0.717, 1.165) is 16.9 Å². The predicted molar refractivity (Wildman–Crippen MR) is 99.2 cm³/mol. The molecule has 0 bridgehead atoms. The first-order valence-electron chi connectivity index (χ1n) is 8.42. The average Bonchev–Trinajstić information content (AvgIpc) is 3.00. The second-order valence-corrected chi connectivity index (χ2v) is 6.16. The first-order valence-corrected chi connectivity index (χ1v) is 8.42. The second kappa shape index (κ2) is 8.37. The molecule has 134 valence electrons. The van der Waals surface area contributed by atoms with Crippen molar-refractivity contribution in [2.24, 2.45) is 7.05 Å². The molecule has 0 radical (unpaired) electrons. The molecule has 2 rings (SSSR count). The van der Waals surface area contributed by atoms with Crippen molar-refractivity contribution in [1.82, 2.24) is 14.8 Å². The number of hydrogen-bond donors (Lipinski definition) is 2. The number of nitrogens with zero attached hydrogens (tertiary/aromatic N) is 2. The van der Waals surface area contributed by atoms with Gasteiger partial charge in [0, 0.05) is 38.1 Å². The van der Waals surface area contributed by atoms with E-state index < -0.39 is 0 Å². The van der Waals surface area contributed by atoms with Gasteiger partial charge in [-0.1, -0.05) is 19.1 Å². The molecular weight excluding hydrogens is 316 g/mol. The Morgan fingerprint density at radius 3 is 2.44 bits per heavy atom. The molecule has 0 aliphatic carbocycles. The number of anilines is 1. The van der Waals surface area contributed by atoms with Crippen LogP contribution in [0.1, 0.15) is 37.6 Å². The van der Waals surface area contributed by atoms with E-state index in [1.807, 2.05) is 68.1 Å². The molecule has 1 aromatic carbocycles. The van der Waals surface area contributed by atoms with Gasteiger partial charge in [-0.3, -0.25) is 4.79 Å². The van der Waals surface area contributed by atoms with Crippen molar-refractivity contribution in [3.8, 4) is 0 Å². The molecule has 6 nitrogen and oxygen atoms in total. The minimum Gasteiger partial charge on any atom is -0.353 e. The Hall–Kier alpha value is -2.76. The number of urea groups is 1. The molecule has 2 N–H and O–H groups in total. The molecule has 2 aromatic rings. The molecule has 6 heteroatoms. The van der Waals surface area contributed by atoms with Crippen molar-refractivity contribution in [2.75, 3.05) is 12.4 Å². The third-order valence-electron chi connectivity index (χ3n) is 4.15. The molecule has 3 amide bonds. The summed E-state index contributed by atoms with van der Waals surface area (Å²) in [5, 5.41) is 5.80. The molecule has 1 heterocycles. The number of aryl methyl sites for hydroxylation is 1. The van der Waals surface area contributed by atoms with Crippen molar-refractivity contribution >= 4 is 17.6 Å². The van der Waals surface area contributed by atoms with Gasteiger partial charge in [0.2, 0.25) is 5.91 Å². The van der Waals surface area contributed by atoms with Crippen LogP contribution in [-0.4, -0.2) is 28.5 Å². The monoisotopic (exact) mass is 342 g/mol. The number of hydrogen-bond acceptors (Lipinski definition) is 2. The zero-order valence-electron chi connectivity index (χ0n) is 15.2. The molecule has 0 unspecified atom stereocenters. The molecule has 0 fully saturated rings. The standard InChI is InChI=1S/C19H26N4O2/c1-5-18(24)21-16-10-8-15(9-11-16)14(2)20-19(25)23(4)13-17-7-6-12-22(17)3/h6-12,14H,5,13H2,1-4H3,(H,20,25)(H,21,24)/t14-/m1/s1. The van der Waals surface area contributed by atoms with Crippen LogP contribution in [0, 0.1) is 0 Å². The maximum atomic E-state index is 12.4. The highest BCUT2D eigenvalue weighted by Gasteiger charge is 2.14. The lowest BCUT2D eigenvalue weighted by molar-refractivity contribution is -0.115. The Morgan fingerprint density at radius 2 is 1.88 bits per heavy atom. The van der Waals surface area contributed by atoms with Gasteiger partial charge in [-0.15, -0.1) is 0 Å². The smallest absolute Gasteiger partial charge is 0.317 e. The number of aromatic nitrogens is 1. The van der Waals surface area contributed by atoms with Crippen LogP contribution in [0.15, 0.2) is 42.6 Å². The molecule has 0 saturated heterocycles. The molecular formula is C19H26N4O2. The third-order valence-corrected chi connectivity index (χ3v) is 4.15. The number of carbonyl (C=O) groups is 2. The van der Waals surface area contributed by atoms with Gasteiger partial charge in [-0.25, -0.2) is 4.79 Å². The van der Waals surface area contributed by atoms with E-state index >= 15 is 0 Å². The fourth-order valence-corrected chi connectivity index (χ4v) is 2.46. The van der Waals surface area contributed by atoms with Crippen LogP contribution < -0.4 is 10.6 Å². The van der Waals surface area contributed by atoms with Gasteiger partial charge in [-0.05, 0) is 36.8 Å². The van der Waals surface area contributed by atoms with E-state index in [0.29, 0.717) is 13.0 Å². The summed E-state index contributed by atoms with van der Waals surface area (Å²) >= 11 is 0. The molecule has 0 spiro atoms. The molecule has 0 saturated carbocycles. The van der Waals surface area contributed by atoms with Crippen molar-refractivity contribution in [3.05, 3.63) is 53.9 Å². The lowest BCUT2D eigenvalue weighted by Gasteiger charge is -2.22. The maximum absolute atomic E-state index is 12.4. The highest BCUT2D eigenvalue weighted by Crippen LogP contribution is 2.17. The van der Waals surface area contributed by atoms with E-state index in [-0.39, 0.29) is 18.0 Å². The van der Waals surface area contributed by atoms with Crippen molar-refractivity contribution < 1.29 is 9.59 Å². The van der Waals surface area contributed by atoms with E-state index in [2.05, 4.69) is 10.6 Å². The highest BCUT2D eigenvalue weighted by molar-refractivity contribution is 5.90. The molecule has 0 aliphatic heterocycles. The topological polar surface area (TPSA) is 66.4 Å². The van der Waals surface area contributed by atoms with Gasteiger partial charge in [0.1, 0.15) is 0 Å². The summed E-state index contributed by atoms with van der Waals surface area (Å²) < 4.78 is 2.00. The Kier molecular flexibility index (Phi) is 6.22. The van der Waals surface area contributed by atoms with Crippen LogP contribution >= 0.6 is 0 Å². The third kappa shape index (κ3) is 5.11. The van der Waals surface area contributed by atoms with Gasteiger partial charge < -0.3 is 20.1 Å². The summed E-state index contributed by atoms with van der Waals surface area (Å²) in [5.41, 5.74) is 2.81. The summed E-state index contributed by atoms with van der Waals surface area (Å²) in [6.45, 7) is 4.30. The normalized spacial score (nSPS) is 11.7. The largest absolute Gasteiger partial charge is 0.353 e. The summed E-state index contributed by atoms with van der Waals surface area (Å²) in [7, 11) is 3.74.